The Morgan fingerprint density at radius 1 is 1.21 bits per heavy atom. The Morgan fingerprint density at radius 2 is 1.89 bits per heavy atom. The van der Waals surface area contributed by atoms with Crippen LogP contribution in [-0.2, 0) is 14.8 Å². The molecular weight excluding hydrogens is 266 g/mol. The van der Waals surface area contributed by atoms with Gasteiger partial charge in [-0.25, -0.2) is 8.42 Å². The number of carbonyl (C=O) groups is 1. The van der Waals surface area contributed by atoms with E-state index in [9.17, 15) is 18.3 Å². The summed E-state index contributed by atoms with van der Waals surface area (Å²) in [5, 5.41) is 8.95. The van der Waals surface area contributed by atoms with Crippen molar-refractivity contribution in [2.75, 3.05) is 10.8 Å². The van der Waals surface area contributed by atoms with Crippen LogP contribution in [0.1, 0.15) is 30.7 Å². The lowest BCUT2D eigenvalue weighted by Gasteiger charge is -2.33. The van der Waals surface area contributed by atoms with Crippen LogP contribution >= 0.6 is 0 Å². The highest BCUT2D eigenvalue weighted by atomic mass is 32.2. The minimum Gasteiger partial charge on any atom is -0.481 e. The highest BCUT2D eigenvalue weighted by Gasteiger charge is 2.43. The van der Waals surface area contributed by atoms with Gasteiger partial charge in [0.05, 0.1) is 16.9 Å². The topological polar surface area (TPSA) is 74.7 Å². The molecule has 5 nitrogen and oxygen atoms in total. The first-order valence-electron chi connectivity index (χ1n) is 6.35. The first kappa shape index (κ1) is 12.5. The molecule has 1 saturated carbocycles. The molecule has 0 saturated heterocycles. The molecule has 0 spiro atoms. The summed E-state index contributed by atoms with van der Waals surface area (Å²) in [7, 11) is -3.31. The molecule has 1 aliphatic carbocycles. The Bertz CT molecular complexity index is 621. The highest BCUT2D eigenvalue weighted by molar-refractivity contribution is 7.93. The molecule has 0 radical (unpaired) electrons. The number of rotatable bonds is 3. The van der Waals surface area contributed by atoms with Gasteiger partial charge in [-0.15, -0.1) is 0 Å². The quantitative estimate of drug-likeness (QED) is 0.912. The van der Waals surface area contributed by atoms with Crippen molar-refractivity contribution in [1.29, 1.82) is 0 Å². The van der Waals surface area contributed by atoms with Crippen molar-refractivity contribution in [3.63, 3.8) is 0 Å². The standard InChI is InChI=1S/C13H15NO4S/c15-13(16)11-7-8-14(19(17,18)9-5-6-9)12-4-2-1-3-10(11)12/h1-4,9,11H,5-8H2,(H,15,16). The van der Waals surface area contributed by atoms with Crippen LogP contribution in [0.2, 0.25) is 0 Å². The second-order valence-electron chi connectivity index (χ2n) is 5.05. The number of para-hydroxylation sites is 1. The molecule has 0 bridgehead atoms. The van der Waals surface area contributed by atoms with Gasteiger partial charge in [-0.3, -0.25) is 9.10 Å². The molecular formula is C13H15NO4S. The average Bonchev–Trinajstić information content (AvgIpc) is 3.21. The van der Waals surface area contributed by atoms with Crippen LogP contribution in [0.3, 0.4) is 0 Å². The maximum absolute atomic E-state index is 12.4. The first-order valence-corrected chi connectivity index (χ1v) is 7.85. The molecule has 1 N–H and O–H groups in total. The molecule has 6 heteroatoms. The third kappa shape index (κ3) is 2.00. The Kier molecular flexibility index (Phi) is 2.78. The van der Waals surface area contributed by atoms with E-state index in [0.717, 1.165) is 0 Å². The molecule has 2 aliphatic rings. The highest BCUT2D eigenvalue weighted by Crippen LogP contribution is 2.40. The van der Waals surface area contributed by atoms with Crippen LogP contribution in [0.5, 0.6) is 0 Å². The van der Waals surface area contributed by atoms with Gasteiger partial charge in [-0.2, -0.15) is 0 Å². The fraction of sp³-hybridized carbons (Fsp3) is 0.462. The van der Waals surface area contributed by atoms with Gasteiger partial charge in [0.2, 0.25) is 10.0 Å². The fourth-order valence-corrected chi connectivity index (χ4v) is 4.49. The van der Waals surface area contributed by atoms with E-state index in [2.05, 4.69) is 0 Å². The summed E-state index contributed by atoms with van der Waals surface area (Å²) in [4.78, 5) is 11.3. The van der Waals surface area contributed by atoms with Gasteiger partial charge < -0.3 is 5.11 Å². The summed E-state index contributed by atoms with van der Waals surface area (Å²) in [6.07, 6.45) is 1.75. The molecule has 19 heavy (non-hydrogen) atoms. The molecule has 1 unspecified atom stereocenters. The van der Waals surface area contributed by atoms with E-state index in [-0.39, 0.29) is 11.8 Å². The van der Waals surface area contributed by atoms with Crippen molar-refractivity contribution in [3.05, 3.63) is 29.8 Å². The third-order valence-electron chi connectivity index (χ3n) is 3.75. The number of sulfonamides is 1. The Morgan fingerprint density at radius 3 is 2.53 bits per heavy atom. The van der Waals surface area contributed by atoms with Crippen LogP contribution in [0, 0.1) is 0 Å². The Hall–Kier alpha value is -1.56. The van der Waals surface area contributed by atoms with Gasteiger partial charge in [0, 0.05) is 6.54 Å². The average molecular weight is 281 g/mol. The zero-order valence-electron chi connectivity index (χ0n) is 10.3. The monoisotopic (exact) mass is 281 g/mol. The minimum atomic E-state index is -3.31. The van der Waals surface area contributed by atoms with E-state index in [1.807, 2.05) is 0 Å². The SMILES string of the molecule is O=C(O)C1CCN(S(=O)(=O)C2CC2)c2ccccc21. The van der Waals surface area contributed by atoms with Gasteiger partial charge in [0.1, 0.15) is 0 Å². The number of aliphatic carboxylic acids is 1. The van der Waals surface area contributed by atoms with Gasteiger partial charge in [0.15, 0.2) is 0 Å². The van der Waals surface area contributed by atoms with Crippen LogP contribution in [0.25, 0.3) is 0 Å². The maximum atomic E-state index is 12.4. The third-order valence-corrected chi connectivity index (χ3v) is 6.06. The van der Waals surface area contributed by atoms with Crippen LogP contribution in [0.4, 0.5) is 5.69 Å². The largest absolute Gasteiger partial charge is 0.481 e. The van der Waals surface area contributed by atoms with Crippen molar-refractivity contribution in [2.24, 2.45) is 0 Å². The van der Waals surface area contributed by atoms with E-state index in [0.29, 0.717) is 30.5 Å². The minimum absolute atomic E-state index is 0.257. The second kappa shape index (κ2) is 4.23. The number of anilines is 1. The van der Waals surface area contributed by atoms with Crippen molar-refractivity contribution in [1.82, 2.24) is 0 Å². The maximum Gasteiger partial charge on any atom is 0.311 e. The van der Waals surface area contributed by atoms with Crippen LogP contribution in [0.15, 0.2) is 24.3 Å². The van der Waals surface area contributed by atoms with Crippen molar-refractivity contribution in [3.8, 4) is 0 Å². The lowest BCUT2D eigenvalue weighted by Crippen LogP contribution is -2.39. The van der Waals surface area contributed by atoms with Crippen molar-refractivity contribution in [2.45, 2.75) is 30.4 Å². The Balaban J connectivity index is 2.06. The van der Waals surface area contributed by atoms with E-state index in [1.165, 1.54) is 4.31 Å². The molecule has 3 rings (SSSR count). The molecule has 1 aromatic carbocycles. The molecule has 1 aliphatic heterocycles. The number of hydrogen-bond donors (Lipinski definition) is 1. The number of carboxylic acids is 1. The normalized spacial score (nSPS) is 22.9. The predicted molar refractivity (Wildman–Crippen MR) is 70.7 cm³/mol. The molecule has 1 fully saturated rings. The van der Waals surface area contributed by atoms with E-state index in [1.54, 1.807) is 24.3 Å². The molecule has 1 aromatic rings. The lowest BCUT2D eigenvalue weighted by atomic mass is 9.91. The van der Waals surface area contributed by atoms with E-state index in [4.69, 9.17) is 0 Å². The first-order chi connectivity index (χ1) is 9.01. The molecule has 0 amide bonds. The number of hydrogen-bond acceptors (Lipinski definition) is 3. The summed E-state index contributed by atoms with van der Waals surface area (Å²) < 4.78 is 26.1. The molecule has 102 valence electrons. The van der Waals surface area contributed by atoms with Crippen LogP contribution in [-0.4, -0.2) is 31.3 Å². The Labute approximate surface area is 111 Å². The van der Waals surface area contributed by atoms with Crippen molar-refractivity contribution < 1.29 is 18.3 Å². The predicted octanol–water partition coefficient (Wildman–Crippen LogP) is 1.56. The van der Waals surface area contributed by atoms with Crippen LogP contribution < -0.4 is 4.31 Å². The smallest absolute Gasteiger partial charge is 0.311 e. The van der Waals surface area contributed by atoms with E-state index < -0.39 is 21.9 Å². The van der Waals surface area contributed by atoms with Gasteiger partial charge in [-0.05, 0) is 30.9 Å². The summed E-state index contributed by atoms with van der Waals surface area (Å²) in [5.74, 6) is -1.50. The van der Waals surface area contributed by atoms with Crippen molar-refractivity contribution >= 4 is 21.7 Å². The van der Waals surface area contributed by atoms with E-state index >= 15 is 0 Å². The number of benzene rings is 1. The summed E-state index contributed by atoms with van der Waals surface area (Å²) in [6.45, 7) is 0.257. The zero-order valence-corrected chi connectivity index (χ0v) is 11.1. The lowest BCUT2D eigenvalue weighted by molar-refractivity contribution is -0.139. The second-order valence-corrected chi connectivity index (χ2v) is 7.19. The fourth-order valence-electron chi connectivity index (χ4n) is 2.60. The van der Waals surface area contributed by atoms with Gasteiger partial charge in [-0.1, -0.05) is 18.2 Å². The molecule has 1 heterocycles. The summed E-state index contributed by atoms with van der Waals surface area (Å²) >= 11 is 0. The zero-order chi connectivity index (χ0) is 13.6. The number of carboxylic acid groups (broad SMARTS) is 1. The molecule has 0 aromatic heterocycles. The van der Waals surface area contributed by atoms with Gasteiger partial charge >= 0.3 is 5.97 Å². The summed E-state index contributed by atoms with van der Waals surface area (Å²) in [6, 6.07) is 6.91. The number of nitrogens with zero attached hydrogens (tertiary/aromatic N) is 1. The summed E-state index contributed by atoms with van der Waals surface area (Å²) in [5.41, 5.74) is 1.14. The van der Waals surface area contributed by atoms with Gasteiger partial charge in [0.25, 0.3) is 0 Å². The molecule has 1 atom stereocenters. The number of fused-ring (bicyclic) bond motifs is 1.